The SMILES string of the molecule is CCNC(c1cccs1)c1ccccc1CC. The van der Waals surface area contributed by atoms with Crippen molar-refractivity contribution in [3.05, 3.63) is 57.8 Å². The molecule has 90 valence electrons. The fraction of sp³-hybridized carbons (Fsp3) is 0.333. The monoisotopic (exact) mass is 245 g/mol. The molecule has 2 aromatic rings. The summed E-state index contributed by atoms with van der Waals surface area (Å²) in [5.74, 6) is 0. The Morgan fingerprint density at radius 3 is 2.59 bits per heavy atom. The van der Waals surface area contributed by atoms with Gasteiger partial charge in [-0.3, -0.25) is 0 Å². The zero-order chi connectivity index (χ0) is 12.1. The Morgan fingerprint density at radius 2 is 1.94 bits per heavy atom. The maximum absolute atomic E-state index is 3.59. The fourth-order valence-electron chi connectivity index (χ4n) is 2.16. The highest BCUT2D eigenvalue weighted by atomic mass is 32.1. The predicted molar refractivity (Wildman–Crippen MR) is 75.7 cm³/mol. The lowest BCUT2D eigenvalue weighted by Crippen LogP contribution is -2.22. The topological polar surface area (TPSA) is 12.0 Å². The summed E-state index contributed by atoms with van der Waals surface area (Å²) in [4.78, 5) is 1.40. The van der Waals surface area contributed by atoms with Gasteiger partial charge in [-0.15, -0.1) is 11.3 Å². The van der Waals surface area contributed by atoms with Gasteiger partial charge in [0.05, 0.1) is 6.04 Å². The highest BCUT2D eigenvalue weighted by molar-refractivity contribution is 7.10. The average Bonchev–Trinajstić information content (AvgIpc) is 2.89. The van der Waals surface area contributed by atoms with Crippen molar-refractivity contribution in [1.82, 2.24) is 5.32 Å². The zero-order valence-electron chi connectivity index (χ0n) is 10.4. The fourth-order valence-corrected chi connectivity index (χ4v) is 2.98. The molecule has 1 nitrogen and oxygen atoms in total. The van der Waals surface area contributed by atoms with Crippen molar-refractivity contribution in [2.24, 2.45) is 0 Å². The quantitative estimate of drug-likeness (QED) is 0.839. The Bertz CT molecular complexity index is 448. The van der Waals surface area contributed by atoms with Crippen molar-refractivity contribution in [2.75, 3.05) is 6.54 Å². The molecule has 0 aliphatic rings. The Kier molecular flexibility index (Phi) is 4.35. The second-order valence-electron chi connectivity index (χ2n) is 4.06. The molecule has 0 radical (unpaired) electrons. The van der Waals surface area contributed by atoms with E-state index in [0.29, 0.717) is 6.04 Å². The molecule has 0 fully saturated rings. The number of benzene rings is 1. The molecule has 1 aromatic heterocycles. The molecular weight excluding hydrogens is 226 g/mol. The van der Waals surface area contributed by atoms with Crippen LogP contribution in [0, 0.1) is 0 Å². The van der Waals surface area contributed by atoms with Crippen molar-refractivity contribution in [3.63, 3.8) is 0 Å². The van der Waals surface area contributed by atoms with E-state index in [1.54, 1.807) is 0 Å². The number of hydrogen-bond acceptors (Lipinski definition) is 2. The Balaban J connectivity index is 2.39. The third kappa shape index (κ3) is 2.76. The first kappa shape index (κ1) is 12.3. The number of hydrogen-bond donors (Lipinski definition) is 1. The molecular formula is C15H19NS. The van der Waals surface area contributed by atoms with Crippen LogP contribution in [0.15, 0.2) is 41.8 Å². The molecule has 2 rings (SSSR count). The number of nitrogens with one attached hydrogen (secondary N) is 1. The largest absolute Gasteiger partial charge is 0.306 e. The maximum atomic E-state index is 3.59. The molecule has 0 aliphatic heterocycles. The van der Waals surface area contributed by atoms with Crippen LogP contribution in [-0.4, -0.2) is 6.54 Å². The van der Waals surface area contributed by atoms with Crippen LogP contribution >= 0.6 is 11.3 Å². The van der Waals surface area contributed by atoms with E-state index in [1.807, 2.05) is 11.3 Å². The Morgan fingerprint density at radius 1 is 1.12 bits per heavy atom. The van der Waals surface area contributed by atoms with Gasteiger partial charge < -0.3 is 5.32 Å². The van der Waals surface area contributed by atoms with Gasteiger partial charge in [0.2, 0.25) is 0 Å². The molecule has 0 aliphatic carbocycles. The number of thiophene rings is 1. The van der Waals surface area contributed by atoms with Gasteiger partial charge in [-0.1, -0.05) is 44.2 Å². The number of rotatable bonds is 5. The van der Waals surface area contributed by atoms with E-state index in [0.717, 1.165) is 13.0 Å². The summed E-state index contributed by atoms with van der Waals surface area (Å²) in [7, 11) is 0. The van der Waals surface area contributed by atoms with Crippen LogP contribution in [0.4, 0.5) is 0 Å². The van der Waals surface area contributed by atoms with Crippen molar-refractivity contribution >= 4 is 11.3 Å². The van der Waals surface area contributed by atoms with Gasteiger partial charge in [-0.2, -0.15) is 0 Å². The predicted octanol–water partition coefficient (Wildman–Crippen LogP) is 4.01. The van der Waals surface area contributed by atoms with E-state index in [-0.39, 0.29) is 0 Å². The first-order chi connectivity index (χ1) is 8.36. The summed E-state index contributed by atoms with van der Waals surface area (Å²) in [6.45, 7) is 5.37. The highest BCUT2D eigenvalue weighted by Gasteiger charge is 2.16. The molecule has 1 heterocycles. The standard InChI is InChI=1S/C15H19NS/c1-3-12-8-5-6-9-13(12)15(16-4-2)14-10-7-11-17-14/h5-11,15-16H,3-4H2,1-2H3. The molecule has 0 bridgehead atoms. The van der Waals surface area contributed by atoms with E-state index in [4.69, 9.17) is 0 Å². The summed E-state index contributed by atoms with van der Waals surface area (Å²) in [5.41, 5.74) is 2.85. The molecule has 1 atom stereocenters. The first-order valence-corrected chi connectivity index (χ1v) is 7.09. The summed E-state index contributed by atoms with van der Waals surface area (Å²) < 4.78 is 0. The van der Waals surface area contributed by atoms with E-state index < -0.39 is 0 Å². The summed E-state index contributed by atoms with van der Waals surface area (Å²) >= 11 is 1.82. The lowest BCUT2D eigenvalue weighted by Gasteiger charge is -2.20. The molecule has 2 heteroatoms. The molecule has 0 saturated heterocycles. The minimum atomic E-state index is 0.344. The van der Waals surface area contributed by atoms with Crippen LogP contribution in [0.2, 0.25) is 0 Å². The Labute approximate surface area is 108 Å². The van der Waals surface area contributed by atoms with Crippen LogP contribution in [0.1, 0.15) is 35.9 Å². The average molecular weight is 245 g/mol. The zero-order valence-corrected chi connectivity index (χ0v) is 11.3. The molecule has 1 N–H and O–H groups in total. The van der Waals surface area contributed by atoms with Crippen LogP contribution in [-0.2, 0) is 6.42 Å². The third-order valence-corrected chi connectivity index (χ3v) is 3.92. The van der Waals surface area contributed by atoms with Gasteiger partial charge in [-0.25, -0.2) is 0 Å². The van der Waals surface area contributed by atoms with Gasteiger partial charge >= 0.3 is 0 Å². The van der Waals surface area contributed by atoms with E-state index in [2.05, 4.69) is 60.9 Å². The van der Waals surface area contributed by atoms with Crippen molar-refractivity contribution in [1.29, 1.82) is 0 Å². The van der Waals surface area contributed by atoms with Gasteiger partial charge in [0, 0.05) is 4.88 Å². The van der Waals surface area contributed by atoms with Gasteiger partial charge in [-0.05, 0) is 35.5 Å². The summed E-state index contributed by atoms with van der Waals surface area (Å²) in [6, 6.07) is 13.4. The van der Waals surface area contributed by atoms with Crippen LogP contribution in [0.5, 0.6) is 0 Å². The van der Waals surface area contributed by atoms with Crippen molar-refractivity contribution < 1.29 is 0 Å². The van der Waals surface area contributed by atoms with E-state index in [1.165, 1.54) is 16.0 Å². The summed E-state index contributed by atoms with van der Waals surface area (Å²) in [6.07, 6.45) is 1.09. The molecule has 1 aromatic carbocycles. The second-order valence-corrected chi connectivity index (χ2v) is 5.04. The lowest BCUT2D eigenvalue weighted by atomic mass is 9.97. The summed E-state index contributed by atoms with van der Waals surface area (Å²) in [5, 5.41) is 5.73. The van der Waals surface area contributed by atoms with E-state index in [9.17, 15) is 0 Å². The molecule has 17 heavy (non-hydrogen) atoms. The molecule has 0 saturated carbocycles. The smallest absolute Gasteiger partial charge is 0.0673 e. The number of aryl methyl sites for hydroxylation is 1. The van der Waals surface area contributed by atoms with Crippen molar-refractivity contribution in [2.45, 2.75) is 26.3 Å². The van der Waals surface area contributed by atoms with E-state index >= 15 is 0 Å². The van der Waals surface area contributed by atoms with Crippen LogP contribution in [0.3, 0.4) is 0 Å². The second kappa shape index (κ2) is 5.99. The minimum Gasteiger partial charge on any atom is -0.306 e. The van der Waals surface area contributed by atoms with Crippen molar-refractivity contribution in [3.8, 4) is 0 Å². The third-order valence-electron chi connectivity index (χ3n) is 2.98. The normalized spacial score (nSPS) is 12.6. The Hall–Kier alpha value is -1.12. The maximum Gasteiger partial charge on any atom is 0.0673 e. The van der Waals surface area contributed by atoms with Gasteiger partial charge in [0.15, 0.2) is 0 Å². The van der Waals surface area contributed by atoms with Gasteiger partial charge in [0.1, 0.15) is 0 Å². The minimum absolute atomic E-state index is 0.344. The molecule has 1 unspecified atom stereocenters. The molecule has 0 spiro atoms. The first-order valence-electron chi connectivity index (χ1n) is 6.21. The lowest BCUT2D eigenvalue weighted by molar-refractivity contribution is 0.634. The van der Waals surface area contributed by atoms with Crippen LogP contribution in [0.25, 0.3) is 0 Å². The van der Waals surface area contributed by atoms with Gasteiger partial charge in [0.25, 0.3) is 0 Å². The highest BCUT2D eigenvalue weighted by Crippen LogP contribution is 2.28. The molecule has 0 amide bonds. The van der Waals surface area contributed by atoms with Crippen LogP contribution < -0.4 is 5.32 Å².